The first-order chi connectivity index (χ1) is 8.57. The molecule has 0 aromatic carbocycles. The Morgan fingerprint density at radius 1 is 1.39 bits per heavy atom. The van der Waals surface area contributed by atoms with E-state index in [4.69, 9.17) is 9.47 Å². The molecule has 3 atom stereocenters. The monoisotopic (exact) mass is 250 g/mol. The summed E-state index contributed by atoms with van der Waals surface area (Å²) in [6, 6.07) is 0. The van der Waals surface area contributed by atoms with Crippen LogP contribution in [0.15, 0.2) is 11.3 Å². The van der Waals surface area contributed by atoms with Gasteiger partial charge in [-0.25, -0.2) is 0 Å². The molecular formula is C15H27BO2. The first kappa shape index (κ1) is 14.0. The van der Waals surface area contributed by atoms with Crippen molar-refractivity contribution in [2.45, 2.75) is 76.8 Å². The molecule has 0 radical (unpaired) electrons. The Labute approximate surface area is 113 Å². The van der Waals surface area contributed by atoms with Gasteiger partial charge in [-0.15, -0.1) is 0 Å². The maximum absolute atomic E-state index is 6.31. The van der Waals surface area contributed by atoms with Gasteiger partial charge >= 0.3 is 0 Å². The first-order valence-corrected chi connectivity index (χ1v) is 7.51. The van der Waals surface area contributed by atoms with Gasteiger partial charge in [0, 0.05) is 13.0 Å². The van der Waals surface area contributed by atoms with E-state index in [0.29, 0.717) is 17.5 Å². The van der Waals surface area contributed by atoms with Crippen molar-refractivity contribution in [2.75, 3.05) is 6.61 Å². The number of allylic oxidation sites excluding steroid dienone is 2. The Morgan fingerprint density at radius 2 is 2.17 bits per heavy atom. The van der Waals surface area contributed by atoms with Crippen LogP contribution < -0.4 is 0 Å². The lowest BCUT2D eigenvalue weighted by atomic mass is 9.65. The van der Waals surface area contributed by atoms with Gasteiger partial charge in [0.2, 0.25) is 0 Å². The van der Waals surface area contributed by atoms with Gasteiger partial charge in [-0.05, 0) is 50.4 Å². The van der Waals surface area contributed by atoms with Gasteiger partial charge in [-0.1, -0.05) is 13.3 Å². The smallest absolute Gasteiger partial charge is 0.124 e. The zero-order chi connectivity index (χ0) is 13.2. The van der Waals surface area contributed by atoms with Crippen LogP contribution in [0, 0.1) is 0 Å². The zero-order valence-electron chi connectivity index (χ0n) is 12.4. The second-order valence-electron chi connectivity index (χ2n) is 6.42. The number of rotatable bonds is 5. The van der Waals surface area contributed by atoms with Crippen LogP contribution in [0.3, 0.4) is 0 Å². The fraction of sp³-hybridized carbons (Fsp3) is 0.867. The molecule has 0 N–H and O–H groups in total. The molecule has 1 aliphatic carbocycles. The number of hydrogen-bond donors (Lipinski definition) is 0. The zero-order valence-corrected chi connectivity index (χ0v) is 12.4. The lowest BCUT2D eigenvalue weighted by molar-refractivity contribution is -0.0132. The number of ether oxygens (including phenoxy) is 2. The molecule has 2 fully saturated rings. The molecule has 2 rings (SSSR count). The molecule has 2 nitrogen and oxygen atoms in total. The van der Waals surface area contributed by atoms with E-state index in [1.807, 2.05) is 0 Å². The maximum Gasteiger partial charge on any atom is 0.124 e. The molecule has 0 amide bonds. The highest BCUT2D eigenvalue weighted by Gasteiger charge is 2.50. The van der Waals surface area contributed by atoms with E-state index in [1.54, 1.807) is 0 Å². The van der Waals surface area contributed by atoms with Gasteiger partial charge in [0.15, 0.2) is 0 Å². The van der Waals surface area contributed by atoms with Gasteiger partial charge in [0.05, 0.1) is 11.9 Å². The van der Waals surface area contributed by atoms with E-state index >= 15 is 0 Å². The molecule has 1 heterocycles. The normalized spacial score (nSPS) is 34.4. The number of unbranched alkanes of at least 4 members (excludes halogenated alkanes) is 1. The second-order valence-corrected chi connectivity index (χ2v) is 6.42. The summed E-state index contributed by atoms with van der Waals surface area (Å²) in [5.41, 5.74) is 1.33. The molecule has 102 valence electrons. The van der Waals surface area contributed by atoms with Crippen LogP contribution >= 0.6 is 0 Å². The fourth-order valence-corrected chi connectivity index (χ4v) is 3.28. The van der Waals surface area contributed by atoms with Crippen LogP contribution in [-0.2, 0) is 9.47 Å². The molecule has 2 unspecified atom stereocenters. The predicted molar refractivity (Wildman–Crippen MR) is 77.6 cm³/mol. The Balaban J connectivity index is 1.98. The summed E-state index contributed by atoms with van der Waals surface area (Å²) in [7, 11) is 2.36. The molecule has 0 spiro atoms. The van der Waals surface area contributed by atoms with E-state index < -0.39 is 0 Å². The average Bonchev–Trinajstić information content (AvgIpc) is 2.82. The molecule has 0 aromatic heterocycles. The summed E-state index contributed by atoms with van der Waals surface area (Å²) in [5.74, 6) is 1.21. The van der Waals surface area contributed by atoms with Crippen LogP contribution in [0.4, 0.5) is 0 Å². The standard InChI is InChI=1S/C15H27BO2/c1-4-5-6-12(11(2)3)18-13-7-8-15(16)9-10-17-14(13)15/h13-14H,4-10,16H2,1-3H3/t13-,14?,15?/m1/s1. The van der Waals surface area contributed by atoms with Crippen LogP contribution in [0.2, 0.25) is 5.31 Å². The minimum atomic E-state index is 0.291. The summed E-state index contributed by atoms with van der Waals surface area (Å²) in [4.78, 5) is 0. The van der Waals surface area contributed by atoms with E-state index in [0.717, 1.165) is 19.4 Å². The molecule has 2 aliphatic rings. The van der Waals surface area contributed by atoms with Crippen molar-refractivity contribution in [3.8, 4) is 0 Å². The van der Waals surface area contributed by atoms with Gasteiger partial charge in [-0.3, -0.25) is 0 Å². The largest absolute Gasteiger partial charge is 0.492 e. The molecule has 1 saturated heterocycles. The van der Waals surface area contributed by atoms with E-state index in [9.17, 15) is 0 Å². The maximum atomic E-state index is 6.31. The third-order valence-corrected chi connectivity index (χ3v) is 4.60. The van der Waals surface area contributed by atoms with Crippen molar-refractivity contribution in [3.63, 3.8) is 0 Å². The quantitative estimate of drug-likeness (QED) is 0.551. The Hall–Kier alpha value is -0.435. The summed E-state index contributed by atoms with van der Waals surface area (Å²) in [6.45, 7) is 7.47. The molecule has 0 aromatic rings. The molecule has 0 bridgehead atoms. The summed E-state index contributed by atoms with van der Waals surface area (Å²) < 4.78 is 12.2. The summed E-state index contributed by atoms with van der Waals surface area (Å²) in [5, 5.41) is 0.377. The predicted octanol–water partition coefficient (Wildman–Crippen LogP) is 3.23. The third-order valence-electron chi connectivity index (χ3n) is 4.60. The van der Waals surface area contributed by atoms with Crippen molar-refractivity contribution in [3.05, 3.63) is 11.3 Å². The number of hydrogen-bond acceptors (Lipinski definition) is 2. The molecular weight excluding hydrogens is 223 g/mol. The lowest BCUT2D eigenvalue weighted by Gasteiger charge is -2.27. The van der Waals surface area contributed by atoms with Gasteiger partial charge in [0.25, 0.3) is 0 Å². The average molecular weight is 250 g/mol. The van der Waals surface area contributed by atoms with Gasteiger partial charge < -0.3 is 9.47 Å². The van der Waals surface area contributed by atoms with Crippen molar-refractivity contribution in [2.24, 2.45) is 0 Å². The fourth-order valence-electron chi connectivity index (χ4n) is 3.28. The van der Waals surface area contributed by atoms with E-state index in [-0.39, 0.29) is 0 Å². The molecule has 1 aliphatic heterocycles. The number of fused-ring (bicyclic) bond motifs is 1. The van der Waals surface area contributed by atoms with Gasteiger partial charge in [-0.2, -0.15) is 0 Å². The minimum absolute atomic E-state index is 0.291. The molecule has 1 saturated carbocycles. The van der Waals surface area contributed by atoms with Crippen LogP contribution in [0.1, 0.15) is 59.3 Å². The van der Waals surface area contributed by atoms with Crippen LogP contribution in [-0.4, -0.2) is 26.7 Å². The Kier molecular flexibility index (Phi) is 4.42. The summed E-state index contributed by atoms with van der Waals surface area (Å²) in [6.07, 6.45) is 7.76. The molecule has 3 heteroatoms. The lowest BCUT2D eigenvalue weighted by Crippen LogP contribution is -2.29. The van der Waals surface area contributed by atoms with Crippen molar-refractivity contribution >= 4 is 7.85 Å². The highest BCUT2D eigenvalue weighted by Crippen LogP contribution is 2.52. The second kappa shape index (κ2) is 5.69. The Bertz CT molecular complexity index is 322. The highest BCUT2D eigenvalue weighted by atomic mass is 16.5. The van der Waals surface area contributed by atoms with Crippen LogP contribution in [0.25, 0.3) is 0 Å². The SMILES string of the molecule is BC12CCOC1[C@H](OC(CCCC)=C(C)C)CC2. The van der Waals surface area contributed by atoms with Crippen molar-refractivity contribution in [1.29, 1.82) is 0 Å². The van der Waals surface area contributed by atoms with Crippen LogP contribution in [0.5, 0.6) is 0 Å². The van der Waals surface area contributed by atoms with Crippen molar-refractivity contribution < 1.29 is 9.47 Å². The van der Waals surface area contributed by atoms with E-state index in [1.165, 1.54) is 37.0 Å². The molecule has 18 heavy (non-hydrogen) atoms. The van der Waals surface area contributed by atoms with Crippen molar-refractivity contribution in [1.82, 2.24) is 0 Å². The van der Waals surface area contributed by atoms with Gasteiger partial charge in [0.1, 0.15) is 14.0 Å². The minimum Gasteiger partial charge on any atom is -0.492 e. The van der Waals surface area contributed by atoms with E-state index in [2.05, 4.69) is 28.6 Å². The Morgan fingerprint density at radius 3 is 2.83 bits per heavy atom. The highest BCUT2D eigenvalue weighted by molar-refractivity contribution is 6.16. The third kappa shape index (κ3) is 2.76. The first-order valence-electron chi connectivity index (χ1n) is 7.51. The topological polar surface area (TPSA) is 18.5 Å². The summed E-state index contributed by atoms with van der Waals surface area (Å²) >= 11 is 0.